The fourth-order valence-electron chi connectivity index (χ4n) is 3.12. The van der Waals surface area contributed by atoms with Gasteiger partial charge in [-0.05, 0) is 56.1 Å². The van der Waals surface area contributed by atoms with E-state index in [1.54, 1.807) is 6.92 Å². The summed E-state index contributed by atoms with van der Waals surface area (Å²) in [5.74, 6) is 1.01. The Hall–Kier alpha value is -2.13. The summed E-state index contributed by atoms with van der Waals surface area (Å²) in [6, 6.07) is 15.9. The average Bonchev–Trinajstić information content (AvgIpc) is 2.63. The van der Waals surface area contributed by atoms with Crippen LogP contribution in [0.3, 0.4) is 0 Å². The minimum atomic E-state index is 0.0963. The maximum Gasteiger partial charge on any atom is 0.159 e. The number of benzene rings is 2. The summed E-state index contributed by atoms with van der Waals surface area (Å²) in [6.07, 6.45) is 4.00. The molecule has 0 spiro atoms. The predicted molar refractivity (Wildman–Crippen MR) is 97.7 cm³/mol. The molecule has 1 aliphatic heterocycles. The van der Waals surface area contributed by atoms with E-state index < -0.39 is 0 Å². The van der Waals surface area contributed by atoms with Crippen LogP contribution < -0.4 is 4.74 Å². The van der Waals surface area contributed by atoms with Gasteiger partial charge in [0.25, 0.3) is 0 Å². The Bertz CT molecular complexity index is 655. The minimum Gasteiger partial charge on any atom is -0.492 e. The lowest BCUT2D eigenvalue weighted by atomic mass is 10.0. The predicted octanol–water partition coefficient (Wildman–Crippen LogP) is 4.42. The number of hydrogen-bond acceptors (Lipinski definition) is 3. The van der Waals surface area contributed by atoms with Crippen LogP contribution in [-0.2, 0) is 0 Å². The van der Waals surface area contributed by atoms with E-state index in [0.717, 1.165) is 35.6 Å². The zero-order valence-electron chi connectivity index (χ0n) is 14.3. The van der Waals surface area contributed by atoms with Crippen LogP contribution in [0, 0.1) is 0 Å². The molecule has 3 heteroatoms. The lowest BCUT2D eigenvalue weighted by Crippen LogP contribution is -2.33. The molecule has 3 rings (SSSR count). The molecule has 0 N–H and O–H groups in total. The molecule has 3 nitrogen and oxygen atoms in total. The third kappa shape index (κ3) is 4.45. The summed E-state index contributed by atoms with van der Waals surface area (Å²) in [4.78, 5) is 13.8. The second-order valence-corrected chi connectivity index (χ2v) is 6.41. The lowest BCUT2D eigenvalue weighted by Gasteiger charge is -2.26. The van der Waals surface area contributed by atoms with E-state index in [1.807, 2.05) is 36.4 Å². The Morgan fingerprint density at radius 3 is 2.08 bits per heavy atom. The van der Waals surface area contributed by atoms with Crippen LogP contribution in [0.4, 0.5) is 0 Å². The van der Waals surface area contributed by atoms with Crippen molar-refractivity contribution in [2.45, 2.75) is 26.2 Å². The number of ether oxygens (including phenoxy) is 1. The molecule has 1 saturated heterocycles. The fraction of sp³-hybridized carbons (Fsp3) is 0.381. The Morgan fingerprint density at radius 1 is 0.917 bits per heavy atom. The molecule has 0 amide bonds. The molecule has 1 heterocycles. The van der Waals surface area contributed by atoms with Crippen LogP contribution in [0.1, 0.15) is 36.5 Å². The number of ketones is 1. The number of carbonyl (C=O) groups is 1. The summed E-state index contributed by atoms with van der Waals surface area (Å²) in [7, 11) is 0. The van der Waals surface area contributed by atoms with E-state index in [4.69, 9.17) is 4.74 Å². The number of carbonyl (C=O) groups excluding carboxylic acids is 1. The van der Waals surface area contributed by atoms with Crippen molar-refractivity contribution in [2.24, 2.45) is 0 Å². The number of nitrogens with zero attached hydrogens (tertiary/aromatic N) is 1. The van der Waals surface area contributed by atoms with Crippen molar-refractivity contribution in [2.75, 3.05) is 26.2 Å². The van der Waals surface area contributed by atoms with Gasteiger partial charge in [0.1, 0.15) is 12.4 Å². The van der Waals surface area contributed by atoms with Gasteiger partial charge in [-0.25, -0.2) is 0 Å². The Labute approximate surface area is 144 Å². The quantitative estimate of drug-likeness (QED) is 0.737. The third-order valence-corrected chi connectivity index (χ3v) is 4.60. The van der Waals surface area contributed by atoms with Gasteiger partial charge >= 0.3 is 0 Å². The van der Waals surface area contributed by atoms with Gasteiger partial charge in [0.05, 0.1) is 0 Å². The molecule has 0 saturated carbocycles. The Kier molecular flexibility index (Phi) is 5.65. The highest BCUT2D eigenvalue weighted by molar-refractivity contribution is 5.94. The van der Waals surface area contributed by atoms with E-state index in [0.29, 0.717) is 0 Å². The molecular weight excluding hydrogens is 298 g/mol. The largest absolute Gasteiger partial charge is 0.492 e. The zero-order chi connectivity index (χ0) is 16.8. The molecule has 0 unspecified atom stereocenters. The molecule has 2 aromatic rings. The van der Waals surface area contributed by atoms with Gasteiger partial charge in [0, 0.05) is 12.1 Å². The van der Waals surface area contributed by atoms with Crippen molar-refractivity contribution in [3.63, 3.8) is 0 Å². The van der Waals surface area contributed by atoms with Crippen molar-refractivity contribution in [1.82, 2.24) is 4.90 Å². The molecule has 0 radical (unpaired) electrons. The van der Waals surface area contributed by atoms with Crippen molar-refractivity contribution >= 4 is 5.78 Å². The highest BCUT2D eigenvalue weighted by atomic mass is 16.5. The van der Waals surface area contributed by atoms with Gasteiger partial charge < -0.3 is 4.74 Å². The van der Waals surface area contributed by atoms with Crippen LogP contribution in [0.15, 0.2) is 48.5 Å². The maximum absolute atomic E-state index is 11.3. The molecular formula is C21H25NO2. The topological polar surface area (TPSA) is 29.5 Å². The first-order valence-electron chi connectivity index (χ1n) is 8.79. The summed E-state index contributed by atoms with van der Waals surface area (Å²) in [5, 5.41) is 0. The molecule has 0 aliphatic carbocycles. The number of hydrogen-bond donors (Lipinski definition) is 0. The second-order valence-electron chi connectivity index (χ2n) is 6.41. The van der Waals surface area contributed by atoms with Crippen LogP contribution in [0.5, 0.6) is 5.75 Å². The lowest BCUT2D eigenvalue weighted by molar-refractivity contribution is 0.101. The van der Waals surface area contributed by atoms with E-state index >= 15 is 0 Å². The number of piperidine rings is 1. The van der Waals surface area contributed by atoms with Gasteiger partial charge in [-0.15, -0.1) is 0 Å². The smallest absolute Gasteiger partial charge is 0.159 e. The second kappa shape index (κ2) is 8.11. The third-order valence-electron chi connectivity index (χ3n) is 4.60. The van der Waals surface area contributed by atoms with Crippen LogP contribution in [-0.4, -0.2) is 36.9 Å². The Balaban J connectivity index is 1.53. The molecule has 126 valence electrons. The molecule has 0 atom stereocenters. The maximum atomic E-state index is 11.3. The van der Waals surface area contributed by atoms with Gasteiger partial charge in [-0.1, -0.05) is 42.8 Å². The van der Waals surface area contributed by atoms with Crippen molar-refractivity contribution < 1.29 is 9.53 Å². The molecule has 1 aliphatic rings. The Morgan fingerprint density at radius 2 is 1.50 bits per heavy atom. The summed E-state index contributed by atoms with van der Waals surface area (Å²) in [5.41, 5.74) is 2.99. The van der Waals surface area contributed by atoms with E-state index in [-0.39, 0.29) is 5.78 Å². The molecule has 24 heavy (non-hydrogen) atoms. The van der Waals surface area contributed by atoms with Gasteiger partial charge in [-0.2, -0.15) is 0 Å². The highest BCUT2D eigenvalue weighted by Crippen LogP contribution is 2.23. The molecule has 1 fully saturated rings. The SMILES string of the molecule is CC(=O)c1ccc(-c2ccc(OCCN3CCCCC3)cc2)cc1. The highest BCUT2D eigenvalue weighted by Gasteiger charge is 2.09. The van der Waals surface area contributed by atoms with Gasteiger partial charge in [-0.3, -0.25) is 9.69 Å². The first kappa shape index (κ1) is 16.7. The van der Waals surface area contributed by atoms with Crippen LogP contribution in [0.2, 0.25) is 0 Å². The fourth-order valence-corrected chi connectivity index (χ4v) is 3.12. The molecule has 0 bridgehead atoms. The van der Waals surface area contributed by atoms with E-state index in [9.17, 15) is 4.79 Å². The first-order valence-corrected chi connectivity index (χ1v) is 8.79. The summed E-state index contributed by atoms with van der Waals surface area (Å²) in [6.45, 7) is 5.75. The number of rotatable bonds is 6. The van der Waals surface area contributed by atoms with E-state index in [2.05, 4.69) is 17.0 Å². The average molecular weight is 323 g/mol. The van der Waals surface area contributed by atoms with Gasteiger partial charge in [0.2, 0.25) is 0 Å². The number of Topliss-reactive ketones (excluding diaryl/α,β-unsaturated/α-hetero) is 1. The minimum absolute atomic E-state index is 0.0963. The summed E-state index contributed by atoms with van der Waals surface area (Å²) >= 11 is 0. The van der Waals surface area contributed by atoms with E-state index in [1.165, 1.54) is 32.4 Å². The monoisotopic (exact) mass is 323 g/mol. The first-order chi connectivity index (χ1) is 11.7. The van der Waals surface area contributed by atoms with Gasteiger partial charge in [0.15, 0.2) is 5.78 Å². The molecule has 2 aromatic carbocycles. The number of likely N-dealkylation sites (tertiary alicyclic amines) is 1. The zero-order valence-corrected chi connectivity index (χ0v) is 14.3. The van der Waals surface area contributed by atoms with Crippen molar-refractivity contribution in [3.05, 3.63) is 54.1 Å². The normalized spacial score (nSPS) is 15.2. The molecule has 0 aromatic heterocycles. The van der Waals surface area contributed by atoms with Crippen molar-refractivity contribution in [3.8, 4) is 16.9 Å². The van der Waals surface area contributed by atoms with Crippen LogP contribution in [0.25, 0.3) is 11.1 Å². The van der Waals surface area contributed by atoms with Crippen LogP contribution >= 0.6 is 0 Å². The standard InChI is InChI=1S/C21H25NO2/c1-17(23)18-5-7-19(8-6-18)20-9-11-21(12-10-20)24-16-15-22-13-3-2-4-14-22/h5-12H,2-4,13-16H2,1H3. The summed E-state index contributed by atoms with van der Waals surface area (Å²) < 4.78 is 5.86. The van der Waals surface area contributed by atoms with Crippen molar-refractivity contribution in [1.29, 1.82) is 0 Å².